The Morgan fingerprint density at radius 2 is 1.70 bits per heavy atom. The molecular formula is C23H17N3O3S. The zero-order valence-electron chi connectivity index (χ0n) is 15.8. The Labute approximate surface area is 177 Å². The highest BCUT2D eigenvalue weighted by atomic mass is 32.1. The molecule has 4 aromatic rings. The Morgan fingerprint density at radius 1 is 0.967 bits per heavy atom. The number of nitrogens with zero attached hydrogens (tertiary/aromatic N) is 2. The van der Waals surface area contributed by atoms with Gasteiger partial charge in [0.2, 0.25) is 5.91 Å². The molecule has 1 heterocycles. The molecule has 1 N–H and O–H groups in total. The number of anilines is 1. The Bertz CT molecular complexity index is 1190. The van der Waals surface area contributed by atoms with E-state index in [1.54, 1.807) is 23.5 Å². The van der Waals surface area contributed by atoms with Gasteiger partial charge in [0.05, 0.1) is 17.0 Å². The molecular weight excluding hydrogens is 398 g/mol. The highest BCUT2D eigenvalue weighted by Crippen LogP contribution is 2.29. The second-order valence-electron chi connectivity index (χ2n) is 6.63. The summed E-state index contributed by atoms with van der Waals surface area (Å²) in [4.78, 5) is 27.4. The third-order valence-corrected chi connectivity index (χ3v) is 5.37. The number of nitro groups is 1. The van der Waals surface area contributed by atoms with E-state index in [9.17, 15) is 14.9 Å². The van der Waals surface area contributed by atoms with Crippen molar-refractivity contribution in [2.45, 2.75) is 6.42 Å². The maximum absolute atomic E-state index is 12.4. The third-order valence-electron chi connectivity index (χ3n) is 4.48. The number of aromatic nitrogens is 1. The Morgan fingerprint density at radius 3 is 2.43 bits per heavy atom. The van der Waals surface area contributed by atoms with E-state index in [-0.39, 0.29) is 18.0 Å². The first-order chi connectivity index (χ1) is 14.6. The molecule has 3 aromatic carbocycles. The van der Waals surface area contributed by atoms with Gasteiger partial charge in [0.1, 0.15) is 5.01 Å². The van der Waals surface area contributed by atoms with Gasteiger partial charge in [-0.2, -0.15) is 0 Å². The van der Waals surface area contributed by atoms with E-state index in [2.05, 4.69) is 5.32 Å². The number of nitrogens with one attached hydrogen (secondary N) is 1. The van der Waals surface area contributed by atoms with Crippen molar-refractivity contribution >= 4 is 28.6 Å². The fraction of sp³-hybridized carbons (Fsp3) is 0.0435. The van der Waals surface area contributed by atoms with Crippen molar-refractivity contribution in [2.24, 2.45) is 0 Å². The van der Waals surface area contributed by atoms with E-state index in [4.69, 9.17) is 4.98 Å². The molecule has 7 heteroatoms. The first-order valence-corrected chi connectivity index (χ1v) is 10.1. The largest absolute Gasteiger partial charge is 0.326 e. The molecule has 4 rings (SSSR count). The van der Waals surface area contributed by atoms with Crippen molar-refractivity contribution in [2.75, 3.05) is 5.32 Å². The summed E-state index contributed by atoms with van der Waals surface area (Å²) in [5, 5.41) is 16.6. The molecule has 0 saturated carbocycles. The molecule has 0 aliphatic heterocycles. The molecule has 1 amide bonds. The van der Waals surface area contributed by atoms with Gasteiger partial charge >= 0.3 is 0 Å². The molecule has 1 aromatic heterocycles. The third kappa shape index (κ3) is 4.59. The van der Waals surface area contributed by atoms with Gasteiger partial charge in [-0.25, -0.2) is 4.98 Å². The minimum absolute atomic E-state index is 0.00462. The zero-order valence-corrected chi connectivity index (χ0v) is 16.6. The lowest BCUT2D eigenvalue weighted by Crippen LogP contribution is -2.14. The molecule has 30 heavy (non-hydrogen) atoms. The minimum Gasteiger partial charge on any atom is -0.326 e. The molecule has 0 bridgehead atoms. The number of benzene rings is 3. The lowest BCUT2D eigenvalue weighted by atomic mass is 10.1. The second-order valence-corrected chi connectivity index (χ2v) is 7.49. The minimum atomic E-state index is -0.461. The maximum Gasteiger partial charge on any atom is 0.269 e. The number of amides is 1. The van der Waals surface area contributed by atoms with Crippen LogP contribution in [0.1, 0.15) is 5.56 Å². The van der Waals surface area contributed by atoms with Crippen molar-refractivity contribution in [3.8, 4) is 21.8 Å². The second kappa shape index (κ2) is 8.67. The summed E-state index contributed by atoms with van der Waals surface area (Å²) in [7, 11) is 0. The van der Waals surface area contributed by atoms with Crippen molar-refractivity contribution in [1.29, 1.82) is 0 Å². The van der Waals surface area contributed by atoms with Gasteiger partial charge in [0.25, 0.3) is 5.69 Å². The smallest absolute Gasteiger partial charge is 0.269 e. The van der Waals surface area contributed by atoms with E-state index in [1.807, 2.05) is 60.0 Å². The lowest BCUT2D eigenvalue weighted by molar-refractivity contribution is -0.384. The van der Waals surface area contributed by atoms with Gasteiger partial charge in [-0.05, 0) is 17.7 Å². The monoisotopic (exact) mass is 415 g/mol. The fourth-order valence-corrected chi connectivity index (χ4v) is 3.84. The molecule has 148 valence electrons. The van der Waals surface area contributed by atoms with Crippen molar-refractivity contribution in [3.63, 3.8) is 0 Å². The van der Waals surface area contributed by atoms with Gasteiger partial charge in [-0.3, -0.25) is 14.9 Å². The molecule has 0 aliphatic carbocycles. The molecule has 0 saturated heterocycles. The summed E-state index contributed by atoms with van der Waals surface area (Å²) >= 11 is 1.58. The Kier molecular flexibility index (Phi) is 5.63. The number of thiazole rings is 1. The summed E-state index contributed by atoms with van der Waals surface area (Å²) in [5.74, 6) is -0.191. The average Bonchev–Trinajstić information content (AvgIpc) is 3.25. The average molecular weight is 415 g/mol. The summed E-state index contributed by atoms with van der Waals surface area (Å²) in [5.41, 5.74) is 4.23. The van der Waals surface area contributed by atoms with Gasteiger partial charge < -0.3 is 5.32 Å². The van der Waals surface area contributed by atoms with Crippen LogP contribution in [-0.4, -0.2) is 15.8 Å². The molecule has 0 fully saturated rings. The van der Waals surface area contributed by atoms with E-state index >= 15 is 0 Å². The van der Waals surface area contributed by atoms with E-state index in [1.165, 1.54) is 12.1 Å². The van der Waals surface area contributed by atoms with Gasteiger partial charge in [-0.1, -0.05) is 54.6 Å². The Hall–Kier alpha value is -3.84. The summed E-state index contributed by atoms with van der Waals surface area (Å²) in [6.07, 6.45) is 0.136. The van der Waals surface area contributed by atoms with Crippen LogP contribution in [0.2, 0.25) is 0 Å². The molecule has 6 nitrogen and oxygen atoms in total. The fourth-order valence-electron chi connectivity index (χ4n) is 3.00. The van der Waals surface area contributed by atoms with E-state index in [0.29, 0.717) is 11.3 Å². The van der Waals surface area contributed by atoms with Crippen LogP contribution < -0.4 is 5.32 Å². The van der Waals surface area contributed by atoms with Crippen LogP contribution in [-0.2, 0) is 11.2 Å². The highest BCUT2D eigenvalue weighted by molar-refractivity contribution is 7.13. The summed E-state index contributed by atoms with van der Waals surface area (Å²) < 4.78 is 0. The van der Waals surface area contributed by atoms with Crippen LogP contribution in [0, 0.1) is 10.1 Å². The molecule has 0 aliphatic rings. The van der Waals surface area contributed by atoms with Crippen LogP contribution in [0.4, 0.5) is 11.4 Å². The van der Waals surface area contributed by atoms with Gasteiger partial charge in [0.15, 0.2) is 0 Å². The van der Waals surface area contributed by atoms with Crippen LogP contribution in [0.3, 0.4) is 0 Å². The molecule has 0 radical (unpaired) electrons. The SMILES string of the molecule is O=C(Cc1ccc([N+](=O)[O-])cc1)Nc1cccc(-c2csc(-c3ccccc3)n2)c1. The predicted molar refractivity (Wildman–Crippen MR) is 118 cm³/mol. The number of carbonyl (C=O) groups excluding carboxylic acids is 1. The van der Waals surface area contributed by atoms with Crippen molar-refractivity contribution in [1.82, 2.24) is 4.98 Å². The van der Waals surface area contributed by atoms with Gasteiger partial charge in [0, 0.05) is 34.3 Å². The molecule has 0 unspecified atom stereocenters. The summed E-state index contributed by atoms with van der Waals surface area (Å²) in [6.45, 7) is 0. The molecule has 0 atom stereocenters. The van der Waals surface area contributed by atoms with Crippen molar-refractivity contribution in [3.05, 3.63) is 99.9 Å². The standard InChI is InChI=1S/C23H17N3O3S/c27-22(13-16-9-11-20(12-10-16)26(28)29)24-19-8-4-7-18(14-19)21-15-30-23(25-21)17-5-2-1-3-6-17/h1-12,14-15H,13H2,(H,24,27). The molecule has 0 spiro atoms. The lowest BCUT2D eigenvalue weighted by Gasteiger charge is -2.07. The Balaban J connectivity index is 1.45. The predicted octanol–water partition coefficient (Wildman–Crippen LogP) is 5.57. The first-order valence-electron chi connectivity index (χ1n) is 9.23. The number of hydrogen-bond acceptors (Lipinski definition) is 5. The highest BCUT2D eigenvalue weighted by Gasteiger charge is 2.10. The maximum atomic E-state index is 12.4. The van der Waals surface area contributed by atoms with E-state index in [0.717, 1.165) is 21.8 Å². The zero-order chi connectivity index (χ0) is 20.9. The quantitative estimate of drug-likeness (QED) is 0.330. The van der Waals surface area contributed by atoms with Crippen LogP contribution in [0.15, 0.2) is 84.2 Å². The van der Waals surface area contributed by atoms with Gasteiger partial charge in [-0.15, -0.1) is 11.3 Å². The number of carbonyl (C=O) groups is 1. The summed E-state index contributed by atoms with van der Waals surface area (Å²) in [6, 6.07) is 23.5. The number of rotatable bonds is 6. The topological polar surface area (TPSA) is 85.1 Å². The van der Waals surface area contributed by atoms with Crippen LogP contribution in [0.5, 0.6) is 0 Å². The number of nitro benzene ring substituents is 1. The first kappa shape index (κ1) is 19.5. The number of non-ortho nitro benzene ring substituents is 1. The van der Waals surface area contributed by atoms with Crippen LogP contribution in [0.25, 0.3) is 21.8 Å². The number of hydrogen-bond donors (Lipinski definition) is 1. The van der Waals surface area contributed by atoms with E-state index < -0.39 is 4.92 Å². The normalized spacial score (nSPS) is 10.5. The van der Waals surface area contributed by atoms with Crippen molar-refractivity contribution < 1.29 is 9.72 Å². The van der Waals surface area contributed by atoms with Crippen LogP contribution >= 0.6 is 11.3 Å².